The molecule has 2 heterocycles. The second-order valence-corrected chi connectivity index (χ2v) is 3.36. The summed E-state index contributed by atoms with van der Waals surface area (Å²) in [6.45, 7) is 1.85. The number of carbonyl (C=O) groups is 1. The molecule has 96 valence electrons. The van der Waals surface area contributed by atoms with E-state index in [0.29, 0.717) is 5.65 Å². The number of hydrogen-bond donors (Lipinski definition) is 1. The van der Waals surface area contributed by atoms with Gasteiger partial charge in [-0.25, -0.2) is 14.3 Å². The Morgan fingerprint density at radius 2 is 2.39 bits per heavy atom. The van der Waals surface area contributed by atoms with E-state index in [9.17, 15) is 4.79 Å². The van der Waals surface area contributed by atoms with E-state index in [1.165, 1.54) is 4.52 Å². The van der Waals surface area contributed by atoms with E-state index in [0.717, 1.165) is 0 Å². The zero-order valence-corrected chi connectivity index (χ0v) is 9.87. The molecular formula is C11H13N3O4. The first-order valence-electron chi connectivity index (χ1n) is 5.52. The van der Waals surface area contributed by atoms with Crippen LogP contribution < -0.4 is 4.74 Å². The van der Waals surface area contributed by atoms with Crippen LogP contribution in [0, 0.1) is 0 Å². The summed E-state index contributed by atoms with van der Waals surface area (Å²) in [5.41, 5.74) is 0.537. The third-order valence-corrected chi connectivity index (χ3v) is 2.17. The van der Waals surface area contributed by atoms with E-state index in [4.69, 9.17) is 14.6 Å². The monoisotopic (exact) mass is 251 g/mol. The average Bonchev–Trinajstić information content (AvgIpc) is 2.74. The Bertz CT molecular complexity index is 552. The van der Waals surface area contributed by atoms with Crippen molar-refractivity contribution in [3.8, 4) is 5.88 Å². The van der Waals surface area contributed by atoms with Gasteiger partial charge in [-0.3, -0.25) is 0 Å². The lowest BCUT2D eigenvalue weighted by molar-refractivity contribution is 0.0522. The number of aliphatic hydroxyl groups is 1. The molecule has 0 aliphatic rings. The normalized spacial score (nSPS) is 10.6. The van der Waals surface area contributed by atoms with Gasteiger partial charge in [0.05, 0.1) is 13.2 Å². The number of nitrogens with zero attached hydrogens (tertiary/aromatic N) is 3. The number of aliphatic hydroxyl groups excluding tert-OH is 1. The molecule has 0 unspecified atom stereocenters. The predicted molar refractivity (Wildman–Crippen MR) is 61.5 cm³/mol. The molecule has 7 nitrogen and oxygen atoms in total. The van der Waals surface area contributed by atoms with Gasteiger partial charge in [-0.1, -0.05) is 0 Å². The number of fused-ring (bicyclic) bond motifs is 1. The molecule has 2 aromatic heterocycles. The molecular weight excluding hydrogens is 238 g/mol. The van der Waals surface area contributed by atoms with Crippen LogP contribution in [0.3, 0.4) is 0 Å². The Labute approximate surface area is 103 Å². The summed E-state index contributed by atoms with van der Waals surface area (Å²) in [5, 5.41) is 12.8. The highest BCUT2D eigenvalue weighted by atomic mass is 16.5. The summed E-state index contributed by atoms with van der Waals surface area (Å²) in [6.07, 6.45) is 3.20. The molecule has 0 spiro atoms. The van der Waals surface area contributed by atoms with Gasteiger partial charge in [0.2, 0.25) is 0 Å². The fourth-order valence-corrected chi connectivity index (χ4v) is 1.49. The van der Waals surface area contributed by atoms with Gasteiger partial charge in [0.15, 0.2) is 11.2 Å². The summed E-state index contributed by atoms with van der Waals surface area (Å²) in [7, 11) is 0. The number of esters is 1. The SMILES string of the molecule is CCOC(=O)c1c(OCCO)nn2cccnc12. The van der Waals surface area contributed by atoms with Crippen LogP contribution in [0.4, 0.5) is 0 Å². The van der Waals surface area contributed by atoms with Gasteiger partial charge < -0.3 is 14.6 Å². The van der Waals surface area contributed by atoms with E-state index in [2.05, 4.69) is 10.1 Å². The van der Waals surface area contributed by atoms with E-state index >= 15 is 0 Å². The van der Waals surface area contributed by atoms with E-state index in [1.807, 2.05) is 0 Å². The maximum atomic E-state index is 11.8. The van der Waals surface area contributed by atoms with Crippen molar-refractivity contribution in [2.75, 3.05) is 19.8 Å². The van der Waals surface area contributed by atoms with Crippen LogP contribution in [0.1, 0.15) is 17.3 Å². The summed E-state index contributed by atoms with van der Waals surface area (Å²) in [6, 6.07) is 1.69. The van der Waals surface area contributed by atoms with Crippen LogP contribution in [0.5, 0.6) is 5.88 Å². The summed E-state index contributed by atoms with van der Waals surface area (Å²) in [5.74, 6) is -0.430. The molecule has 0 saturated carbocycles. The predicted octanol–water partition coefficient (Wildman–Crippen LogP) is 0.277. The molecule has 0 bridgehead atoms. The van der Waals surface area contributed by atoms with Gasteiger partial charge in [0.25, 0.3) is 5.88 Å². The van der Waals surface area contributed by atoms with Crippen molar-refractivity contribution in [1.82, 2.24) is 14.6 Å². The molecule has 0 aromatic carbocycles. The van der Waals surface area contributed by atoms with Gasteiger partial charge in [-0.2, -0.15) is 0 Å². The van der Waals surface area contributed by atoms with Crippen molar-refractivity contribution in [3.63, 3.8) is 0 Å². The Morgan fingerprint density at radius 1 is 1.56 bits per heavy atom. The molecule has 0 radical (unpaired) electrons. The molecule has 0 saturated heterocycles. The van der Waals surface area contributed by atoms with Crippen LogP contribution in [0.2, 0.25) is 0 Å². The van der Waals surface area contributed by atoms with Crippen molar-refractivity contribution in [3.05, 3.63) is 24.0 Å². The van der Waals surface area contributed by atoms with Crippen molar-refractivity contribution in [2.45, 2.75) is 6.92 Å². The summed E-state index contributed by atoms with van der Waals surface area (Å²) < 4.78 is 11.6. The number of rotatable bonds is 5. The van der Waals surface area contributed by atoms with Crippen LogP contribution in [0.25, 0.3) is 5.65 Å². The molecule has 2 aromatic rings. The highest BCUT2D eigenvalue weighted by Gasteiger charge is 2.23. The van der Waals surface area contributed by atoms with Gasteiger partial charge in [-0.05, 0) is 13.0 Å². The smallest absolute Gasteiger partial charge is 0.347 e. The highest BCUT2D eigenvalue weighted by Crippen LogP contribution is 2.21. The van der Waals surface area contributed by atoms with Crippen molar-refractivity contribution >= 4 is 11.6 Å². The number of carbonyl (C=O) groups excluding carboxylic acids is 1. The lowest BCUT2D eigenvalue weighted by Crippen LogP contribution is -2.09. The van der Waals surface area contributed by atoms with Gasteiger partial charge in [0.1, 0.15) is 6.61 Å². The number of aromatic nitrogens is 3. The van der Waals surface area contributed by atoms with Crippen LogP contribution >= 0.6 is 0 Å². The third-order valence-electron chi connectivity index (χ3n) is 2.17. The van der Waals surface area contributed by atoms with E-state index in [-0.39, 0.29) is 31.3 Å². The Morgan fingerprint density at radius 3 is 3.11 bits per heavy atom. The number of ether oxygens (including phenoxy) is 2. The lowest BCUT2D eigenvalue weighted by Gasteiger charge is -2.03. The Balaban J connectivity index is 2.47. The van der Waals surface area contributed by atoms with Crippen molar-refractivity contribution < 1.29 is 19.4 Å². The first kappa shape index (κ1) is 12.3. The van der Waals surface area contributed by atoms with Crippen molar-refractivity contribution in [2.24, 2.45) is 0 Å². The Hall–Kier alpha value is -2.15. The molecule has 0 amide bonds. The molecule has 0 atom stereocenters. The maximum absolute atomic E-state index is 11.8. The van der Waals surface area contributed by atoms with Crippen molar-refractivity contribution in [1.29, 1.82) is 0 Å². The lowest BCUT2D eigenvalue weighted by atomic mass is 10.3. The third kappa shape index (κ3) is 2.25. The average molecular weight is 251 g/mol. The zero-order valence-electron chi connectivity index (χ0n) is 9.87. The standard InChI is InChI=1S/C11H13N3O4/c1-2-17-11(16)8-9-12-4-3-5-14(9)13-10(8)18-7-6-15/h3-5,15H,2,6-7H2,1H3. The molecule has 2 rings (SSSR count). The molecule has 0 fully saturated rings. The van der Waals surface area contributed by atoms with Gasteiger partial charge in [-0.15, -0.1) is 5.10 Å². The first-order chi connectivity index (χ1) is 8.77. The van der Waals surface area contributed by atoms with E-state index < -0.39 is 5.97 Å². The molecule has 0 aliphatic carbocycles. The number of hydrogen-bond acceptors (Lipinski definition) is 6. The fraction of sp³-hybridized carbons (Fsp3) is 0.364. The minimum Gasteiger partial charge on any atom is -0.473 e. The fourth-order valence-electron chi connectivity index (χ4n) is 1.49. The largest absolute Gasteiger partial charge is 0.473 e. The second kappa shape index (κ2) is 5.46. The highest BCUT2D eigenvalue weighted by molar-refractivity contribution is 5.98. The minimum absolute atomic E-state index is 0.0519. The summed E-state index contributed by atoms with van der Waals surface area (Å²) >= 11 is 0. The maximum Gasteiger partial charge on any atom is 0.347 e. The van der Waals surface area contributed by atoms with Crippen LogP contribution in [-0.2, 0) is 4.74 Å². The minimum atomic E-state index is -0.542. The first-order valence-corrected chi connectivity index (χ1v) is 5.52. The van der Waals surface area contributed by atoms with E-state index in [1.54, 1.807) is 25.4 Å². The Kier molecular flexibility index (Phi) is 3.73. The zero-order chi connectivity index (χ0) is 13.0. The molecule has 18 heavy (non-hydrogen) atoms. The van der Waals surface area contributed by atoms with Gasteiger partial charge in [0, 0.05) is 12.4 Å². The van der Waals surface area contributed by atoms with Crippen LogP contribution in [-0.4, -0.2) is 45.5 Å². The topological polar surface area (TPSA) is 86.0 Å². The van der Waals surface area contributed by atoms with Crippen LogP contribution in [0.15, 0.2) is 18.5 Å². The summed E-state index contributed by atoms with van der Waals surface area (Å²) in [4.78, 5) is 15.9. The molecule has 0 aliphatic heterocycles. The second-order valence-electron chi connectivity index (χ2n) is 3.36. The quantitative estimate of drug-likeness (QED) is 0.768. The molecule has 7 heteroatoms. The van der Waals surface area contributed by atoms with Gasteiger partial charge >= 0.3 is 5.97 Å². The molecule has 1 N–H and O–H groups in total.